The molecule has 1 heterocycles. The second-order valence-corrected chi connectivity index (χ2v) is 4.56. The van der Waals surface area contributed by atoms with Crippen molar-refractivity contribution in [2.75, 3.05) is 5.32 Å². The molecular formula is C14H13ClN2O2. The van der Waals surface area contributed by atoms with Gasteiger partial charge in [0.15, 0.2) is 0 Å². The third-order valence-electron chi connectivity index (χ3n) is 2.83. The number of aryl methyl sites for hydroxylation is 1. The lowest BCUT2D eigenvalue weighted by Gasteiger charge is -2.10. The van der Waals surface area contributed by atoms with E-state index in [9.17, 15) is 4.79 Å². The van der Waals surface area contributed by atoms with Gasteiger partial charge in [0.05, 0.1) is 16.3 Å². The van der Waals surface area contributed by atoms with Crippen LogP contribution in [0.1, 0.15) is 21.5 Å². The SMILES string of the molecule is Cc1ccncc1CNc1ccc(C(=O)O)cc1Cl. The zero-order chi connectivity index (χ0) is 13.8. The maximum Gasteiger partial charge on any atom is 0.335 e. The number of rotatable bonds is 4. The van der Waals surface area contributed by atoms with Gasteiger partial charge in [0.25, 0.3) is 0 Å². The summed E-state index contributed by atoms with van der Waals surface area (Å²) in [5.74, 6) is -0.989. The number of benzene rings is 1. The Morgan fingerprint density at radius 3 is 2.84 bits per heavy atom. The van der Waals surface area contributed by atoms with Gasteiger partial charge in [-0.1, -0.05) is 11.6 Å². The second-order valence-electron chi connectivity index (χ2n) is 4.16. The van der Waals surface area contributed by atoms with Crippen molar-refractivity contribution in [3.63, 3.8) is 0 Å². The van der Waals surface area contributed by atoms with Crippen LogP contribution < -0.4 is 5.32 Å². The predicted molar refractivity (Wildman–Crippen MR) is 74.7 cm³/mol. The fourth-order valence-corrected chi connectivity index (χ4v) is 1.91. The largest absolute Gasteiger partial charge is 0.478 e. The zero-order valence-corrected chi connectivity index (χ0v) is 11.1. The lowest BCUT2D eigenvalue weighted by molar-refractivity contribution is 0.0697. The number of carboxylic acid groups (broad SMARTS) is 1. The standard InChI is InChI=1S/C14H13ClN2O2/c1-9-4-5-16-7-11(9)8-17-13-3-2-10(14(18)19)6-12(13)15/h2-7,17H,8H2,1H3,(H,18,19). The molecule has 0 unspecified atom stereocenters. The lowest BCUT2D eigenvalue weighted by atomic mass is 10.1. The van der Waals surface area contributed by atoms with E-state index in [2.05, 4.69) is 10.3 Å². The van der Waals surface area contributed by atoms with Crippen LogP contribution in [0.3, 0.4) is 0 Å². The molecule has 0 aliphatic heterocycles. The number of pyridine rings is 1. The number of hydrogen-bond acceptors (Lipinski definition) is 3. The Labute approximate surface area is 116 Å². The fourth-order valence-electron chi connectivity index (χ4n) is 1.66. The second kappa shape index (κ2) is 5.71. The normalized spacial score (nSPS) is 10.2. The molecule has 1 aromatic heterocycles. The third kappa shape index (κ3) is 3.23. The molecule has 0 aliphatic rings. The number of nitrogens with zero attached hydrogens (tertiary/aromatic N) is 1. The third-order valence-corrected chi connectivity index (χ3v) is 3.15. The van der Waals surface area contributed by atoms with Gasteiger partial charge in [-0.2, -0.15) is 0 Å². The maximum absolute atomic E-state index is 10.8. The molecule has 5 heteroatoms. The number of carbonyl (C=O) groups is 1. The van der Waals surface area contributed by atoms with Gasteiger partial charge < -0.3 is 10.4 Å². The molecule has 4 nitrogen and oxygen atoms in total. The molecule has 19 heavy (non-hydrogen) atoms. The smallest absolute Gasteiger partial charge is 0.335 e. The summed E-state index contributed by atoms with van der Waals surface area (Å²) in [4.78, 5) is 14.9. The molecule has 0 saturated carbocycles. The molecule has 2 aromatic rings. The van der Waals surface area contributed by atoms with Crippen molar-refractivity contribution in [2.45, 2.75) is 13.5 Å². The summed E-state index contributed by atoms with van der Waals surface area (Å²) < 4.78 is 0. The lowest BCUT2D eigenvalue weighted by Crippen LogP contribution is -2.03. The molecule has 0 radical (unpaired) electrons. The Kier molecular flexibility index (Phi) is 4.02. The van der Waals surface area contributed by atoms with E-state index in [1.807, 2.05) is 13.0 Å². The van der Waals surface area contributed by atoms with Gasteiger partial charge in [-0.05, 0) is 42.3 Å². The van der Waals surface area contributed by atoms with E-state index in [0.29, 0.717) is 17.3 Å². The van der Waals surface area contributed by atoms with E-state index < -0.39 is 5.97 Å². The average Bonchev–Trinajstić information content (AvgIpc) is 2.39. The molecule has 2 N–H and O–H groups in total. The Bertz CT molecular complexity index is 614. The van der Waals surface area contributed by atoms with Crippen molar-refractivity contribution in [1.29, 1.82) is 0 Å². The van der Waals surface area contributed by atoms with Crippen LogP contribution in [0.4, 0.5) is 5.69 Å². The van der Waals surface area contributed by atoms with E-state index in [4.69, 9.17) is 16.7 Å². The number of carboxylic acids is 1. The predicted octanol–water partition coefficient (Wildman–Crippen LogP) is 3.35. The van der Waals surface area contributed by atoms with Crippen molar-refractivity contribution >= 4 is 23.3 Å². The van der Waals surface area contributed by atoms with Crippen molar-refractivity contribution in [3.05, 3.63) is 58.4 Å². The molecule has 0 spiro atoms. The maximum atomic E-state index is 10.8. The molecule has 0 saturated heterocycles. The first kappa shape index (κ1) is 13.4. The molecular weight excluding hydrogens is 264 g/mol. The first-order chi connectivity index (χ1) is 9.08. The average molecular weight is 277 g/mol. The summed E-state index contributed by atoms with van der Waals surface area (Å²) in [6.07, 6.45) is 3.54. The van der Waals surface area contributed by atoms with Crippen LogP contribution in [0.2, 0.25) is 5.02 Å². The molecule has 0 bridgehead atoms. The van der Waals surface area contributed by atoms with Crippen LogP contribution in [0.25, 0.3) is 0 Å². The van der Waals surface area contributed by atoms with Gasteiger partial charge in [-0.25, -0.2) is 4.79 Å². The molecule has 1 aromatic carbocycles. The van der Waals surface area contributed by atoms with Crippen LogP contribution in [0.15, 0.2) is 36.7 Å². The summed E-state index contributed by atoms with van der Waals surface area (Å²) >= 11 is 6.04. The summed E-state index contributed by atoms with van der Waals surface area (Å²) in [5.41, 5.74) is 3.09. The van der Waals surface area contributed by atoms with Crippen LogP contribution in [0, 0.1) is 6.92 Å². The van der Waals surface area contributed by atoms with Gasteiger partial charge in [0, 0.05) is 18.9 Å². The number of aromatic carboxylic acids is 1. The van der Waals surface area contributed by atoms with Gasteiger partial charge in [0.2, 0.25) is 0 Å². The van der Waals surface area contributed by atoms with Crippen LogP contribution in [0.5, 0.6) is 0 Å². The first-order valence-corrected chi connectivity index (χ1v) is 6.12. The molecule has 98 valence electrons. The minimum absolute atomic E-state index is 0.174. The highest BCUT2D eigenvalue weighted by molar-refractivity contribution is 6.33. The van der Waals surface area contributed by atoms with E-state index in [1.165, 1.54) is 12.1 Å². The van der Waals surface area contributed by atoms with E-state index in [-0.39, 0.29) is 5.56 Å². The number of aromatic nitrogens is 1. The Morgan fingerprint density at radius 1 is 1.42 bits per heavy atom. The van der Waals surface area contributed by atoms with E-state index in [0.717, 1.165) is 11.1 Å². The van der Waals surface area contributed by atoms with Crippen LogP contribution >= 0.6 is 11.6 Å². The summed E-state index contributed by atoms with van der Waals surface area (Å²) in [6, 6.07) is 6.55. The topological polar surface area (TPSA) is 62.2 Å². The Hall–Kier alpha value is -2.07. The number of anilines is 1. The van der Waals surface area contributed by atoms with Crippen molar-refractivity contribution in [2.24, 2.45) is 0 Å². The quantitative estimate of drug-likeness (QED) is 0.899. The van der Waals surface area contributed by atoms with Gasteiger partial charge in [-0.3, -0.25) is 4.98 Å². The highest BCUT2D eigenvalue weighted by Crippen LogP contribution is 2.23. The molecule has 2 rings (SSSR count). The summed E-state index contributed by atoms with van der Waals surface area (Å²) in [6.45, 7) is 2.60. The molecule has 0 aliphatic carbocycles. The van der Waals surface area contributed by atoms with Gasteiger partial charge >= 0.3 is 5.97 Å². The van der Waals surface area contributed by atoms with Crippen LogP contribution in [-0.2, 0) is 6.54 Å². The van der Waals surface area contributed by atoms with Crippen LogP contribution in [-0.4, -0.2) is 16.1 Å². The monoisotopic (exact) mass is 276 g/mol. The van der Waals surface area contributed by atoms with Gasteiger partial charge in [0.1, 0.15) is 0 Å². The van der Waals surface area contributed by atoms with Crippen molar-refractivity contribution in [3.8, 4) is 0 Å². The van der Waals surface area contributed by atoms with E-state index >= 15 is 0 Å². The summed E-state index contributed by atoms with van der Waals surface area (Å²) in [5, 5.41) is 12.4. The highest BCUT2D eigenvalue weighted by Gasteiger charge is 2.07. The summed E-state index contributed by atoms with van der Waals surface area (Å²) in [7, 11) is 0. The number of hydrogen-bond donors (Lipinski definition) is 2. The molecule has 0 fully saturated rings. The first-order valence-electron chi connectivity index (χ1n) is 5.74. The Morgan fingerprint density at radius 2 is 2.21 bits per heavy atom. The number of halogens is 1. The zero-order valence-electron chi connectivity index (χ0n) is 10.4. The number of nitrogens with one attached hydrogen (secondary N) is 1. The van der Waals surface area contributed by atoms with Crippen molar-refractivity contribution in [1.82, 2.24) is 4.98 Å². The molecule has 0 atom stereocenters. The minimum atomic E-state index is -0.989. The Balaban J connectivity index is 2.12. The minimum Gasteiger partial charge on any atom is -0.478 e. The van der Waals surface area contributed by atoms with Gasteiger partial charge in [-0.15, -0.1) is 0 Å². The van der Waals surface area contributed by atoms with Crippen molar-refractivity contribution < 1.29 is 9.90 Å². The molecule has 0 amide bonds. The highest BCUT2D eigenvalue weighted by atomic mass is 35.5. The van der Waals surface area contributed by atoms with E-state index in [1.54, 1.807) is 18.5 Å². The fraction of sp³-hybridized carbons (Fsp3) is 0.143.